The number of hydrogen-bond donors (Lipinski definition) is 8. The van der Waals surface area contributed by atoms with Gasteiger partial charge in [0.05, 0.1) is 16.8 Å². The van der Waals surface area contributed by atoms with Crippen LogP contribution in [0.25, 0.3) is 0 Å². The third-order valence-corrected chi connectivity index (χ3v) is 10.3. The average Bonchev–Trinajstić information content (AvgIpc) is 3.70. The van der Waals surface area contributed by atoms with Crippen molar-refractivity contribution in [2.24, 2.45) is 10.1 Å². The Balaban J connectivity index is 1.17. The summed E-state index contributed by atoms with van der Waals surface area (Å²) in [4.78, 5) is 77.4. The van der Waals surface area contributed by atoms with Crippen molar-refractivity contribution in [2.45, 2.75) is 18.3 Å². The maximum Gasteiger partial charge on any atom is 0.427 e. The van der Waals surface area contributed by atoms with Crippen LogP contribution in [0.1, 0.15) is 23.0 Å². The van der Waals surface area contributed by atoms with Crippen LogP contribution in [-0.2, 0) is 19.2 Å². The van der Waals surface area contributed by atoms with E-state index in [1.807, 2.05) is 0 Å². The maximum absolute atomic E-state index is 13.4. The van der Waals surface area contributed by atoms with Crippen LogP contribution in [0.4, 0.5) is 9.93 Å². The number of thiazole rings is 1. The number of thioether (sulfide) groups is 2. The molecule has 2 aromatic rings. The molecule has 1 aromatic heterocycles. The molecule has 23 heteroatoms. The highest BCUT2D eigenvalue weighted by molar-refractivity contribution is 8.03. The molecule has 50 heavy (non-hydrogen) atoms. The molecule has 1 aromatic carbocycles. The first-order valence-corrected chi connectivity index (χ1v) is 16.8. The summed E-state index contributed by atoms with van der Waals surface area (Å²) in [5.74, 6) is -6.27. The number of allylic oxidation sites excluding steroid dienone is 1. The SMILES string of the molecule is CC1=NC2=CN(C(=O)O)NN2C(SCC2=C(C(=O)O)N3C(=O)[C@@H](NC(=O)C(=NOC(=O)c4cc(O)c(O)c(O)c4)c4csc(N)n4)[C@H]3SC2)=C1. The third kappa shape index (κ3) is 6.36. The normalized spacial score (nSPS) is 19.9. The number of nitrogen functional groups attached to an aromatic ring is 1. The zero-order valence-electron chi connectivity index (χ0n) is 25.1. The number of carbonyl (C=O) groups is 5. The molecule has 5 heterocycles. The van der Waals surface area contributed by atoms with Gasteiger partial charge in [-0.05, 0) is 30.7 Å². The van der Waals surface area contributed by atoms with Crippen LogP contribution in [0.2, 0.25) is 0 Å². The molecule has 0 radical (unpaired) electrons. The molecule has 2 atom stereocenters. The number of aromatic nitrogens is 1. The highest BCUT2D eigenvalue weighted by atomic mass is 32.2. The van der Waals surface area contributed by atoms with Gasteiger partial charge in [0, 0.05) is 22.6 Å². The summed E-state index contributed by atoms with van der Waals surface area (Å²) in [6, 6.07) is 0.380. The molecular weight excluding hydrogens is 723 g/mol. The summed E-state index contributed by atoms with van der Waals surface area (Å²) in [5.41, 5.74) is 7.97. The Morgan fingerprint density at radius 2 is 1.92 bits per heavy atom. The van der Waals surface area contributed by atoms with E-state index in [4.69, 9.17) is 10.6 Å². The number of phenols is 3. The van der Waals surface area contributed by atoms with Gasteiger partial charge >= 0.3 is 18.0 Å². The highest BCUT2D eigenvalue weighted by Crippen LogP contribution is 2.42. The Hall–Kier alpha value is -5.78. The van der Waals surface area contributed by atoms with E-state index in [1.165, 1.54) is 40.1 Å². The number of hydrazine groups is 2. The summed E-state index contributed by atoms with van der Waals surface area (Å²) in [6.45, 7) is 1.72. The number of aliphatic carboxylic acids is 1. The third-order valence-electron chi connectivity index (χ3n) is 7.17. The van der Waals surface area contributed by atoms with Gasteiger partial charge in [0.2, 0.25) is 0 Å². The fourth-order valence-corrected chi connectivity index (χ4v) is 7.99. The lowest BCUT2D eigenvalue weighted by molar-refractivity contribution is -0.150. The van der Waals surface area contributed by atoms with Crippen molar-refractivity contribution in [1.29, 1.82) is 0 Å². The van der Waals surface area contributed by atoms with Gasteiger partial charge in [-0.3, -0.25) is 14.5 Å². The summed E-state index contributed by atoms with van der Waals surface area (Å²) < 4.78 is 0. The van der Waals surface area contributed by atoms with Gasteiger partial charge in [-0.1, -0.05) is 5.16 Å². The number of carboxylic acid groups (broad SMARTS) is 2. The molecule has 0 aliphatic carbocycles. The highest BCUT2D eigenvalue weighted by Gasteiger charge is 2.54. The second kappa shape index (κ2) is 13.3. The molecule has 0 bridgehead atoms. The van der Waals surface area contributed by atoms with E-state index in [9.17, 15) is 49.5 Å². The number of carboxylic acids is 1. The molecule has 20 nitrogen and oxygen atoms in total. The van der Waals surface area contributed by atoms with E-state index in [2.05, 4.69) is 26.0 Å². The molecule has 4 aliphatic heterocycles. The van der Waals surface area contributed by atoms with Crippen LogP contribution < -0.4 is 16.6 Å². The number of oxime groups is 1. The van der Waals surface area contributed by atoms with Gasteiger partial charge in [0.15, 0.2) is 33.9 Å². The van der Waals surface area contributed by atoms with Crippen LogP contribution in [-0.4, -0.2) is 110 Å². The number of anilines is 1. The van der Waals surface area contributed by atoms with Gasteiger partial charge < -0.3 is 41.4 Å². The first-order valence-electron chi connectivity index (χ1n) is 13.9. The van der Waals surface area contributed by atoms with Crippen molar-refractivity contribution in [1.82, 2.24) is 30.8 Å². The molecule has 0 saturated carbocycles. The Kier molecular flexibility index (Phi) is 9.04. The average molecular weight is 746 g/mol. The number of nitrogens with one attached hydrogen (secondary N) is 2. The number of β-lactam (4-membered cyclic amide) rings is 1. The number of aliphatic imine (C=N–C) groups is 1. The largest absolute Gasteiger partial charge is 0.504 e. The van der Waals surface area contributed by atoms with Gasteiger partial charge in [-0.25, -0.2) is 29.4 Å². The van der Waals surface area contributed by atoms with Crippen LogP contribution in [0.15, 0.2) is 62.1 Å². The quantitative estimate of drug-likeness (QED) is 0.0576. The fraction of sp³-hybridized carbons (Fsp3) is 0.185. The topological polar surface area (TPSA) is 293 Å². The number of rotatable bonds is 9. The number of phenolic OH excluding ortho intramolecular Hbond substituents is 3. The van der Waals surface area contributed by atoms with Crippen LogP contribution in [0.3, 0.4) is 0 Å². The molecular formula is C27H23N9O11S3. The number of aromatic hydroxyl groups is 3. The Bertz CT molecular complexity index is 2000. The molecule has 1 fully saturated rings. The summed E-state index contributed by atoms with van der Waals surface area (Å²) in [5, 5.41) is 57.8. The number of nitrogens with two attached hydrogens (primary N) is 1. The minimum absolute atomic E-state index is 0.0361. The second-order valence-electron chi connectivity index (χ2n) is 10.5. The number of fused-ring (bicyclic) bond motifs is 2. The predicted molar refractivity (Wildman–Crippen MR) is 176 cm³/mol. The lowest BCUT2D eigenvalue weighted by Gasteiger charge is -2.49. The lowest BCUT2D eigenvalue weighted by Crippen LogP contribution is -2.71. The minimum Gasteiger partial charge on any atom is -0.504 e. The smallest absolute Gasteiger partial charge is 0.427 e. The van der Waals surface area contributed by atoms with Crippen molar-refractivity contribution in [3.05, 3.63) is 63.2 Å². The van der Waals surface area contributed by atoms with E-state index < -0.39 is 69.8 Å². The Morgan fingerprint density at radius 3 is 2.56 bits per heavy atom. The lowest BCUT2D eigenvalue weighted by atomic mass is 10.0. The Labute approximate surface area is 291 Å². The summed E-state index contributed by atoms with van der Waals surface area (Å²) in [6.07, 6.45) is 1.71. The van der Waals surface area contributed by atoms with Gasteiger partial charge in [-0.2, -0.15) is 5.01 Å². The van der Waals surface area contributed by atoms with Crippen molar-refractivity contribution in [2.75, 3.05) is 17.2 Å². The zero-order valence-corrected chi connectivity index (χ0v) is 27.6. The van der Waals surface area contributed by atoms with Crippen molar-refractivity contribution in [3.8, 4) is 17.2 Å². The van der Waals surface area contributed by atoms with Crippen molar-refractivity contribution < 1.29 is 54.3 Å². The molecule has 0 spiro atoms. The first-order chi connectivity index (χ1) is 23.7. The fourth-order valence-electron chi connectivity index (χ4n) is 4.89. The molecule has 0 unspecified atom stereocenters. The summed E-state index contributed by atoms with van der Waals surface area (Å²) >= 11 is 3.33. The van der Waals surface area contributed by atoms with Crippen LogP contribution >= 0.6 is 34.9 Å². The van der Waals surface area contributed by atoms with E-state index in [-0.39, 0.29) is 28.0 Å². The monoisotopic (exact) mass is 745 g/mol. The van der Waals surface area contributed by atoms with Crippen molar-refractivity contribution in [3.63, 3.8) is 0 Å². The number of hydrogen-bond acceptors (Lipinski definition) is 18. The second-order valence-corrected chi connectivity index (χ2v) is 13.5. The van der Waals surface area contributed by atoms with E-state index in [0.717, 1.165) is 33.4 Å². The molecule has 260 valence electrons. The predicted octanol–water partition coefficient (Wildman–Crippen LogP) is 0.705. The number of carbonyl (C=O) groups excluding carboxylic acids is 3. The minimum atomic E-state index is -1.37. The molecule has 1 saturated heterocycles. The molecule has 6 rings (SSSR count). The number of nitrogens with zero attached hydrogens (tertiary/aromatic N) is 6. The van der Waals surface area contributed by atoms with Crippen LogP contribution in [0, 0.1) is 0 Å². The van der Waals surface area contributed by atoms with E-state index >= 15 is 0 Å². The van der Waals surface area contributed by atoms with E-state index in [1.54, 1.807) is 13.0 Å². The van der Waals surface area contributed by atoms with Gasteiger partial charge in [-0.15, -0.1) is 40.4 Å². The van der Waals surface area contributed by atoms with E-state index in [0.29, 0.717) is 22.1 Å². The molecule has 4 aliphatic rings. The zero-order chi connectivity index (χ0) is 36.0. The van der Waals surface area contributed by atoms with Crippen molar-refractivity contribution >= 4 is 81.3 Å². The maximum atomic E-state index is 13.4. The molecule has 9 N–H and O–H groups in total. The number of benzene rings is 1. The summed E-state index contributed by atoms with van der Waals surface area (Å²) in [7, 11) is 0. The van der Waals surface area contributed by atoms with Gasteiger partial charge in [0.1, 0.15) is 22.8 Å². The Morgan fingerprint density at radius 1 is 1.20 bits per heavy atom. The molecule has 3 amide bonds. The number of amides is 3. The standard InChI is InChI=1S/C27H23N9O11S3/c1-9-2-16(36-15(29-9)5-34(33-36)27(45)46)48-6-11-7-49-23-18(22(41)35(23)19(11)24(42)43)31-21(40)17(12-8-50-26(28)30-12)32-47-25(44)10-3-13(37)20(39)14(38)4-10/h2-5,8,18,23,33,37-39H,6-7H2,1H3,(H2,28,30)(H,31,40)(H,42,43)(H,45,46)/t18-,23-/m1/s1. The van der Waals surface area contributed by atoms with Crippen LogP contribution in [0.5, 0.6) is 17.2 Å². The first kappa shape index (κ1) is 34.1. The van der Waals surface area contributed by atoms with Gasteiger partial charge in [0.25, 0.3) is 11.8 Å².